The molecule has 16 heavy (non-hydrogen) atoms. The van der Waals surface area contributed by atoms with E-state index < -0.39 is 11.6 Å². The van der Waals surface area contributed by atoms with Crippen LogP contribution in [0.2, 0.25) is 0 Å². The summed E-state index contributed by atoms with van der Waals surface area (Å²) in [6.45, 7) is 0. The van der Waals surface area contributed by atoms with Crippen molar-refractivity contribution in [2.24, 2.45) is 0 Å². The summed E-state index contributed by atoms with van der Waals surface area (Å²) in [5.41, 5.74) is 0.271. The number of anilines is 1. The van der Waals surface area contributed by atoms with Crippen LogP contribution in [0.3, 0.4) is 0 Å². The maximum Gasteiger partial charge on any atom is 0.147 e. The molecule has 1 aromatic carbocycles. The Bertz CT molecular complexity index is 376. The first-order chi connectivity index (χ1) is 7.66. The Morgan fingerprint density at radius 1 is 1.06 bits per heavy atom. The van der Waals surface area contributed by atoms with Crippen molar-refractivity contribution in [3.05, 3.63) is 28.2 Å². The van der Waals surface area contributed by atoms with Crippen molar-refractivity contribution in [2.75, 3.05) is 5.32 Å². The topological polar surface area (TPSA) is 12.0 Å². The monoisotopic (exact) mass is 289 g/mol. The van der Waals surface area contributed by atoms with Crippen LogP contribution in [0.4, 0.5) is 14.5 Å². The zero-order valence-electron chi connectivity index (χ0n) is 8.90. The lowest BCUT2D eigenvalue weighted by Crippen LogP contribution is -2.22. The fourth-order valence-electron chi connectivity index (χ4n) is 2.10. The molecular formula is C12H14BrF2N. The van der Waals surface area contributed by atoms with Crippen LogP contribution in [0.15, 0.2) is 16.6 Å². The van der Waals surface area contributed by atoms with Crippen LogP contribution in [0.1, 0.15) is 32.1 Å². The van der Waals surface area contributed by atoms with Gasteiger partial charge in [-0.1, -0.05) is 19.3 Å². The van der Waals surface area contributed by atoms with Crippen molar-refractivity contribution in [1.82, 2.24) is 0 Å². The maximum absolute atomic E-state index is 13.5. The number of nitrogens with one attached hydrogen (secondary N) is 1. The highest BCUT2D eigenvalue weighted by Gasteiger charge is 2.15. The molecule has 2 rings (SSSR count). The molecule has 1 N–H and O–H groups in total. The molecule has 1 fully saturated rings. The third kappa shape index (κ3) is 2.73. The summed E-state index contributed by atoms with van der Waals surface area (Å²) in [4.78, 5) is 0. The van der Waals surface area contributed by atoms with Gasteiger partial charge in [-0.25, -0.2) is 8.78 Å². The molecule has 1 nitrogen and oxygen atoms in total. The van der Waals surface area contributed by atoms with E-state index in [0.29, 0.717) is 0 Å². The smallest absolute Gasteiger partial charge is 0.147 e. The number of rotatable bonds is 2. The van der Waals surface area contributed by atoms with E-state index in [0.717, 1.165) is 25.7 Å². The Balaban J connectivity index is 2.11. The van der Waals surface area contributed by atoms with Gasteiger partial charge in [0.05, 0.1) is 10.2 Å². The fourth-order valence-corrected chi connectivity index (χ4v) is 2.42. The molecule has 1 aromatic rings. The van der Waals surface area contributed by atoms with Crippen molar-refractivity contribution in [3.8, 4) is 0 Å². The van der Waals surface area contributed by atoms with Crippen LogP contribution in [-0.4, -0.2) is 6.04 Å². The second kappa shape index (κ2) is 5.13. The Labute approximate surface area is 102 Å². The number of hydrogen-bond acceptors (Lipinski definition) is 1. The van der Waals surface area contributed by atoms with Gasteiger partial charge in [-0.3, -0.25) is 0 Å². The molecule has 1 aliphatic carbocycles. The van der Waals surface area contributed by atoms with E-state index in [9.17, 15) is 8.78 Å². The molecule has 0 aliphatic heterocycles. The van der Waals surface area contributed by atoms with Gasteiger partial charge in [-0.2, -0.15) is 0 Å². The van der Waals surface area contributed by atoms with E-state index in [1.165, 1.54) is 18.6 Å². The van der Waals surface area contributed by atoms with E-state index in [4.69, 9.17) is 0 Å². The van der Waals surface area contributed by atoms with Crippen molar-refractivity contribution >= 4 is 21.6 Å². The quantitative estimate of drug-likeness (QED) is 0.792. The van der Waals surface area contributed by atoms with Gasteiger partial charge >= 0.3 is 0 Å². The molecule has 88 valence electrons. The minimum atomic E-state index is -0.431. The molecule has 0 aromatic heterocycles. The van der Waals surface area contributed by atoms with Gasteiger partial charge in [0.25, 0.3) is 0 Å². The molecule has 0 atom stereocenters. The van der Waals surface area contributed by atoms with E-state index >= 15 is 0 Å². The molecule has 1 aliphatic rings. The van der Waals surface area contributed by atoms with Crippen LogP contribution >= 0.6 is 15.9 Å². The summed E-state index contributed by atoms with van der Waals surface area (Å²) in [7, 11) is 0. The predicted octanol–water partition coefficient (Wildman–Crippen LogP) is 4.47. The van der Waals surface area contributed by atoms with Crippen molar-refractivity contribution in [3.63, 3.8) is 0 Å². The standard InChI is InChI=1S/C12H14BrF2N/c13-9-6-11(15)12(7-10(9)14)16-8-4-2-1-3-5-8/h6-8,16H,1-5H2. The van der Waals surface area contributed by atoms with Gasteiger partial charge in [0, 0.05) is 12.1 Å². The molecule has 1 saturated carbocycles. The Hall–Kier alpha value is -0.640. The summed E-state index contributed by atoms with van der Waals surface area (Å²) in [5.74, 6) is -0.835. The molecular weight excluding hydrogens is 276 g/mol. The second-order valence-corrected chi connectivity index (χ2v) is 5.08. The van der Waals surface area contributed by atoms with Gasteiger partial charge in [-0.15, -0.1) is 0 Å². The van der Waals surface area contributed by atoms with Crippen LogP contribution in [0, 0.1) is 11.6 Å². The molecule has 0 radical (unpaired) electrons. The van der Waals surface area contributed by atoms with E-state index in [-0.39, 0.29) is 16.2 Å². The third-order valence-electron chi connectivity index (χ3n) is 2.97. The first-order valence-electron chi connectivity index (χ1n) is 5.58. The summed E-state index contributed by atoms with van der Waals surface area (Å²) in [6.07, 6.45) is 5.65. The molecule has 0 saturated heterocycles. The zero-order chi connectivity index (χ0) is 11.5. The highest BCUT2D eigenvalue weighted by atomic mass is 79.9. The lowest BCUT2D eigenvalue weighted by Gasteiger charge is -2.24. The van der Waals surface area contributed by atoms with Gasteiger partial charge in [-0.05, 0) is 34.8 Å². The van der Waals surface area contributed by atoms with E-state index in [2.05, 4.69) is 21.2 Å². The highest BCUT2D eigenvalue weighted by Crippen LogP contribution is 2.26. The van der Waals surface area contributed by atoms with E-state index in [1.54, 1.807) is 0 Å². The van der Waals surface area contributed by atoms with Crippen LogP contribution in [0.5, 0.6) is 0 Å². The molecule has 0 heterocycles. The molecule has 0 amide bonds. The molecule has 0 spiro atoms. The third-order valence-corrected chi connectivity index (χ3v) is 3.58. The van der Waals surface area contributed by atoms with Crippen molar-refractivity contribution < 1.29 is 8.78 Å². The normalized spacial score (nSPS) is 17.4. The summed E-state index contributed by atoms with van der Waals surface area (Å²) < 4.78 is 27.0. The molecule has 0 bridgehead atoms. The SMILES string of the molecule is Fc1cc(NC2CCCCC2)c(F)cc1Br. The minimum Gasteiger partial charge on any atom is -0.380 e. The van der Waals surface area contributed by atoms with Crippen molar-refractivity contribution in [2.45, 2.75) is 38.1 Å². The second-order valence-electron chi connectivity index (χ2n) is 4.23. The average Bonchev–Trinajstić information content (AvgIpc) is 2.27. The largest absolute Gasteiger partial charge is 0.380 e. The van der Waals surface area contributed by atoms with Gasteiger partial charge in [0.15, 0.2) is 0 Å². The highest BCUT2D eigenvalue weighted by molar-refractivity contribution is 9.10. The Morgan fingerprint density at radius 3 is 2.44 bits per heavy atom. The number of hydrogen-bond donors (Lipinski definition) is 1. The van der Waals surface area contributed by atoms with Crippen LogP contribution in [0.25, 0.3) is 0 Å². The number of halogens is 3. The fraction of sp³-hybridized carbons (Fsp3) is 0.500. The van der Waals surface area contributed by atoms with Crippen molar-refractivity contribution in [1.29, 1.82) is 0 Å². The molecule has 4 heteroatoms. The lowest BCUT2D eigenvalue weighted by molar-refractivity contribution is 0.460. The van der Waals surface area contributed by atoms with Gasteiger partial charge < -0.3 is 5.32 Å². The lowest BCUT2D eigenvalue weighted by atomic mass is 9.95. The first kappa shape index (κ1) is 11.8. The van der Waals surface area contributed by atoms with E-state index in [1.807, 2.05) is 0 Å². The maximum atomic E-state index is 13.5. The summed E-state index contributed by atoms with van der Waals surface area (Å²) in [5, 5.41) is 3.08. The Morgan fingerprint density at radius 2 is 1.75 bits per heavy atom. The zero-order valence-corrected chi connectivity index (χ0v) is 10.5. The molecule has 0 unspecified atom stereocenters. The average molecular weight is 290 g/mol. The van der Waals surface area contributed by atoms with Crippen LogP contribution in [-0.2, 0) is 0 Å². The first-order valence-corrected chi connectivity index (χ1v) is 6.37. The minimum absolute atomic E-state index is 0.166. The summed E-state index contributed by atoms with van der Waals surface area (Å²) in [6, 6.07) is 2.66. The van der Waals surface area contributed by atoms with Gasteiger partial charge in [0.2, 0.25) is 0 Å². The summed E-state index contributed by atoms with van der Waals surface area (Å²) >= 11 is 2.96. The number of benzene rings is 1. The van der Waals surface area contributed by atoms with Gasteiger partial charge in [0.1, 0.15) is 11.6 Å². The predicted molar refractivity (Wildman–Crippen MR) is 64.6 cm³/mol. The Kier molecular flexibility index (Phi) is 3.79. The van der Waals surface area contributed by atoms with Crippen LogP contribution < -0.4 is 5.32 Å².